The monoisotopic (exact) mass is 264 g/mol. The summed E-state index contributed by atoms with van der Waals surface area (Å²) in [5.74, 6) is 1.75. The first-order valence-corrected chi connectivity index (χ1v) is 6.76. The van der Waals surface area contributed by atoms with Gasteiger partial charge in [-0.2, -0.15) is 0 Å². The molecule has 0 unspecified atom stereocenters. The lowest BCUT2D eigenvalue weighted by molar-refractivity contribution is 0.168. The Bertz CT molecular complexity index is 430. The number of nitrogens with one attached hydrogen (secondary N) is 1. The van der Waals surface area contributed by atoms with Gasteiger partial charge in [-0.05, 0) is 34.0 Å². The maximum Gasteiger partial charge on any atom is 0.165 e. The van der Waals surface area contributed by atoms with E-state index in [0.717, 1.165) is 30.2 Å². The average molecular weight is 264 g/mol. The number of para-hydroxylation sites is 1. The lowest BCUT2D eigenvalue weighted by atomic mass is 10.0. The second kappa shape index (κ2) is 5.80. The van der Waals surface area contributed by atoms with E-state index in [1.54, 1.807) is 0 Å². The number of nitrogens with zero attached hydrogens (tertiary/aromatic N) is 1. The molecule has 0 fully saturated rings. The number of likely N-dealkylation sites (N-methyl/N-ethyl adjacent to an activating group) is 1. The Kier molecular flexibility index (Phi) is 4.32. The van der Waals surface area contributed by atoms with Gasteiger partial charge < -0.3 is 19.7 Å². The summed E-state index contributed by atoms with van der Waals surface area (Å²) in [5.41, 5.74) is 1.29. The highest BCUT2D eigenvalue weighted by Crippen LogP contribution is 2.33. The van der Waals surface area contributed by atoms with Crippen molar-refractivity contribution in [1.82, 2.24) is 10.2 Å². The van der Waals surface area contributed by atoms with Gasteiger partial charge in [0.1, 0.15) is 13.2 Å². The van der Waals surface area contributed by atoms with Crippen LogP contribution in [0.4, 0.5) is 0 Å². The van der Waals surface area contributed by atoms with Crippen molar-refractivity contribution in [3.8, 4) is 11.5 Å². The van der Waals surface area contributed by atoms with Crippen molar-refractivity contribution in [3.05, 3.63) is 23.8 Å². The first-order valence-electron chi connectivity index (χ1n) is 6.76. The molecule has 2 rings (SSSR count). The van der Waals surface area contributed by atoms with Crippen molar-refractivity contribution in [2.75, 3.05) is 33.9 Å². The number of rotatable bonds is 5. The Hall–Kier alpha value is -1.26. The zero-order valence-electron chi connectivity index (χ0n) is 12.3. The van der Waals surface area contributed by atoms with Gasteiger partial charge in [0.05, 0.1) is 0 Å². The van der Waals surface area contributed by atoms with Gasteiger partial charge in [0.25, 0.3) is 0 Å². The smallest absolute Gasteiger partial charge is 0.165 e. The molecule has 0 bridgehead atoms. The fourth-order valence-corrected chi connectivity index (χ4v) is 1.93. The standard InChI is InChI=1S/C15H24N2O2/c1-15(2,17(3)4)11-16-10-12-6-5-7-13-14(12)19-9-8-18-13/h5-7,16H,8-11H2,1-4H3. The lowest BCUT2D eigenvalue weighted by Gasteiger charge is -2.33. The van der Waals surface area contributed by atoms with Crippen molar-refractivity contribution in [2.24, 2.45) is 0 Å². The molecule has 1 heterocycles. The molecule has 0 amide bonds. The molecule has 1 aliphatic heterocycles. The third-order valence-corrected chi connectivity index (χ3v) is 3.73. The summed E-state index contributed by atoms with van der Waals surface area (Å²) in [6.07, 6.45) is 0. The van der Waals surface area contributed by atoms with E-state index in [1.165, 1.54) is 0 Å². The Balaban J connectivity index is 1.97. The fraction of sp³-hybridized carbons (Fsp3) is 0.600. The quantitative estimate of drug-likeness (QED) is 0.880. The van der Waals surface area contributed by atoms with Crippen molar-refractivity contribution in [2.45, 2.75) is 25.9 Å². The number of hydrogen-bond donors (Lipinski definition) is 1. The van der Waals surface area contributed by atoms with Crippen molar-refractivity contribution < 1.29 is 9.47 Å². The van der Waals surface area contributed by atoms with Crippen LogP contribution in [0.2, 0.25) is 0 Å². The SMILES string of the molecule is CN(C)C(C)(C)CNCc1cccc2c1OCCO2. The molecular weight excluding hydrogens is 240 g/mol. The van der Waals surface area contributed by atoms with Crippen LogP contribution in [0.1, 0.15) is 19.4 Å². The molecule has 0 aromatic heterocycles. The van der Waals surface area contributed by atoms with Gasteiger partial charge >= 0.3 is 0 Å². The first kappa shape index (κ1) is 14.2. The summed E-state index contributed by atoms with van der Waals surface area (Å²) in [5, 5.41) is 3.50. The van der Waals surface area contributed by atoms with Crippen LogP contribution in [0.3, 0.4) is 0 Å². The molecule has 0 saturated carbocycles. The summed E-state index contributed by atoms with van der Waals surface area (Å²) >= 11 is 0. The minimum Gasteiger partial charge on any atom is -0.486 e. The summed E-state index contributed by atoms with van der Waals surface area (Å²) in [7, 11) is 4.20. The summed E-state index contributed by atoms with van der Waals surface area (Å²) in [4.78, 5) is 2.22. The van der Waals surface area contributed by atoms with E-state index < -0.39 is 0 Å². The van der Waals surface area contributed by atoms with E-state index in [1.807, 2.05) is 12.1 Å². The van der Waals surface area contributed by atoms with Crippen LogP contribution in [0.5, 0.6) is 11.5 Å². The third kappa shape index (κ3) is 3.39. The second-order valence-electron chi connectivity index (χ2n) is 5.75. The van der Waals surface area contributed by atoms with E-state index in [9.17, 15) is 0 Å². The van der Waals surface area contributed by atoms with Crippen LogP contribution in [0.25, 0.3) is 0 Å². The highest BCUT2D eigenvalue weighted by molar-refractivity contribution is 5.47. The van der Waals surface area contributed by atoms with Gasteiger partial charge in [0, 0.05) is 24.2 Å². The third-order valence-electron chi connectivity index (χ3n) is 3.73. The van der Waals surface area contributed by atoms with E-state index in [4.69, 9.17) is 9.47 Å². The van der Waals surface area contributed by atoms with E-state index >= 15 is 0 Å². The number of ether oxygens (including phenoxy) is 2. The number of benzene rings is 1. The van der Waals surface area contributed by atoms with Crippen LogP contribution in [0, 0.1) is 0 Å². The van der Waals surface area contributed by atoms with Crippen LogP contribution in [-0.2, 0) is 6.54 Å². The normalized spacial score (nSPS) is 14.8. The maximum atomic E-state index is 5.71. The Labute approximate surface area is 115 Å². The zero-order chi connectivity index (χ0) is 13.9. The molecule has 1 aromatic carbocycles. The molecule has 19 heavy (non-hydrogen) atoms. The summed E-state index contributed by atoms with van der Waals surface area (Å²) in [6.45, 7) is 7.43. The molecular formula is C15H24N2O2. The molecule has 1 aromatic rings. The minimum absolute atomic E-state index is 0.131. The van der Waals surface area contributed by atoms with E-state index in [2.05, 4.69) is 44.2 Å². The van der Waals surface area contributed by atoms with Gasteiger partial charge in [0.2, 0.25) is 0 Å². The topological polar surface area (TPSA) is 33.7 Å². The van der Waals surface area contributed by atoms with Crippen LogP contribution < -0.4 is 14.8 Å². The molecule has 0 radical (unpaired) electrons. The van der Waals surface area contributed by atoms with Crippen LogP contribution in [-0.4, -0.2) is 44.3 Å². The van der Waals surface area contributed by atoms with Gasteiger partial charge in [-0.1, -0.05) is 12.1 Å². The zero-order valence-corrected chi connectivity index (χ0v) is 12.3. The van der Waals surface area contributed by atoms with Gasteiger partial charge in [0.15, 0.2) is 11.5 Å². The molecule has 4 heteroatoms. The Morgan fingerprint density at radius 3 is 2.68 bits per heavy atom. The molecule has 1 aliphatic rings. The number of fused-ring (bicyclic) bond motifs is 1. The highest BCUT2D eigenvalue weighted by atomic mass is 16.6. The second-order valence-corrected chi connectivity index (χ2v) is 5.75. The first-order chi connectivity index (χ1) is 9.00. The van der Waals surface area contributed by atoms with E-state index in [-0.39, 0.29) is 5.54 Å². The predicted octanol–water partition coefficient (Wildman–Crippen LogP) is 1.89. The fourth-order valence-electron chi connectivity index (χ4n) is 1.93. The molecule has 0 aliphatic carbocycles. The average Bonchev–Trinajstić information content (AvgIpc) is 2.38. The number of hydrogen-bond acceptors (Lipinski definition) is 4. The summed E-state index contributed by atoms with van der Waals surface area (Å²) in [6, 6.07) is 6.06. The molecule has 0 saturated heterocycles. The van der Waals surface area contributed by atoms with Crippen molar-refractivity contribution in [1.29, 1.82) is 0 Å². The van der Waals surface area contributed by atoms with Crippen LogP contribution in [0.15, 0.2) is 18.2 Å². The van der Waals surface area contributed by atoms with Crippen molar-refractivity contribution >= 4 is 0 Å². The van der Waals surface area contributed by atoms with Crippen molar-refractivity contribution in [3.63, 3.8) is 0 Å². The molecule has 0 atom stereocenters. The van der Waals surface area contributed by atoms with Crippen LogP contribution >= 0.6 is 0 Å². The van der Waals surface area contributed by atoms with E-state index in [0.29, 0.717) is 13.2 Å². The molecule has 1 N–H and O–H groups in total. The predicted molar refractivity (Wildman–Crippen MR) is 76.9 cm³/mol. The lowest BCUT2D eigenvalue weighted by Crippen LogP contribution is -2.46. The maximum absolute atomic E-state index is 5.71. The minimum atomic E-state index is 0.131. The Morgan fingerprint density at radius 1 is 1.21 bits per heavy atom. The molecule has 0 spiro atoms. The summed E-state index contributed by atoms with van der Waals surface area (Å²) < 4.78 is 11.3. The largest absolute Gasteiger partial charge is 0.486 e. The molecule has 4 nitrogen and oxygen atoms in total. The highest BCUT2D eigenvalue weighted by Gasteiger charge is 2.20. The Morgan fingerprint density at radius 2 is 1.95 bits per heavy atom. The van der Waals surface area contributed by atoms with Gasteiger partial charge in [-0.25, -0.2) is 0 Å². The van der Waals surface area contributed by atoms with Gasteiger partial charge in [-0.3, -0.25) is 0 Å². The van der Waals surface area contributed by atoms with Gasteiger partial charge in [-0.15, -0.1) is 0 Å². The molecule has 106 valence electrons.